The fourth-order valence-corrected chi connectivity index (χ4v) is 15.9. The lowest BCUT2D eigenvalue weighted by molar-refractivity contribution is 0.485. The first-order valence-electron chi connectivity index (χ1n) is 18.7. The van der Waals surface area contributed by atoms with E-state index >= 15 is 9.13 Å². The minimum Gasteiger partial charge on any atom is -0.456 e. The van der Waals surface area contributed by atoms with Crippen LogP contribution in [0.3, 0.4) is 0 Å². The molecule has 0 spiro atoms. The summed E-state index contributed by atoms with van der Waals surface area (Å²) >= 11 is 0. The monoisotopic (exact) mass is 759 g/mol. The summed E-state index contributed by atoms with van der Waals surface area (Å²) in [6.45, 7) is 0. The predicted molar refractivity (Wildman–Crippen MR) is 230 cm³/mol. The zero-order valence-electron chi connectivity index (χ0n) is 29.9. The summed E-state index contributed by atoms with van der Waals surface area (Å²) in [5, 5.41) is 4.08. The molecule has 0 bridgehead atoms. The Morgan fingerprint density at radius 1 is 0.321 bits per heavy atom. The van der Waals surface area contributed by atoms with Gasteiger partial charge in [0.1, 0.15) is 11.5 Å². The van der Waals surface area contributed by atoms with Crippen LogP contribution in [-0.4, -0.2) is 0 Å². The molecular weight excluding hydrogens is 728 g/mol. The van der Waals surface area contributed by atoms with Crippen molar-refractivity contribution in [3.8, 4) is 11.5 Å². The SMILES string of the molecule is O=P12c3cc4c(cc3Oc3cccc(c31)N(c1ccccc1)c1ccccc12)N(c1ccccc1)c1cccc2c1P4(=O)c1ccccc1N2c1ccccc1. The molecule has 0 radical (unpaired) electrons. The molecule has 8 aromatic rings. The van der Waals surface area contributed by atoms with E-state index in [1.54, 1.807) is 0 Å². The number of anilines is 9. The van der Waals surface area contributed by atoms with Gasteiger partial charge >= 0.3 is 0 Å². The highest BCUT2D eigenvalue weighted by atomic mass is 31.2. The molecule has 4 heterocycles. The van der Waals surface area contributed by atoms with Crippen LogP contribution in [0.4, 0.5) is 51.2 Å². The van der Waals surface area contributed by atoms with Crippen molar-refractivity contribution < 1.29 is 13.9 Å². The van der Waals surface area contributed by atoms with Gasteiger partial charge in [0, 0.05) is 39.0 Å². The van der Waals surface area contributed by atoms with Gasteiger partial charge in [-0.2, -0.15) is 0 Å². The summed E-state index contributed by atoms with van der Waals surface area (Å²) in [6.07, 6.45) is 0. The van der Waals surface area contributed by atoms with Crippen molar-refractivity contribution in [2.45, 2.75) is 0 Å². The maximum absolute atomic E-state index is 16.9. The van der Waals surface area contributed by atoms with Crippen LogP contribution in [0.2, 0.25) is 0 Å². The molecule has 0 aliphatic carbocycles. The van der Waals surface area contributed by atoms with Gasteiger partial charge in [0.05, 0.1) is 50.0 Å². The lowest BCUT2D eigenvalue weighted by Crippen LogP contribution is -2.45. The normalized spacial score (nSPS) is 19.0. The van der Waals surface area contributed by atoms with E-state index in [1.807, 2.05) is 133 Å². The molecule has 0 N–H and O–H groups in total. The van der Waals surface area contributed by atoms with E-state index in [2.05, 4.69) is 69.3 Å². The molecule has 0 amide bonds. The van der Waals surface area contributed by atoms with Crippen LogP contribution in [0.25, 0.3) is 0 Å². The average molecular weight is 760 g/mol. The van der Waals surface area contributed by atoms with Gasteiger partial charge in [0.25, 0.3) is 0 Å². The number of fused-ring (bicyclic) bond motifs is 8. The zero-order valence-corrected chi connectivity index (χ0v) is 31.6. The van der Waals surface area contributed by atoms with E-state index < -0.39 is 14.3 Å². The first kappa shape index (κ1) is 31.7. The number of nitrogens with zero attached hydrogens (tertiary/aromatic N) is 3. The number of ether oxygens (including phenoxy) is 1. The number of benzene rings is 8. The maximum atomic E-state index is 16.9. The van der Waals surface area contributed by atoms with Crippen LogP contribution in [0, 0.1) is 0 Å². The quantitative estimate of drug-likeness (QED) is 0.167. The summed E-state index contributed by atoms with van der Waals surface area (Å²) in [7, 11) is -7.25. The molecule has 4 aliphatic rings. The second-order valence-electron chi connectivity index (χ2n) is 14.4. The summed E-state index contributed by atoms with van der Waals surface area (Å²) < 4.78 is 40.4. The molecule has 0 fully saturated rings. The van der Waals surface area contributed by atoms with Crippen molar-refractivity contribution in [3.05, 3.63) is 188 Å². The van der Waals surface area contributed by atoms with Gasteiger partial charge in [-0.3, -0.25) is 0 Å². The Morgan fingerprint density at radius 2 is 0.732 bits per heavy atom. The third kappa shape index (κ3) is 4.02. The second kappa shape index (κ2) is 11.5. The fourth-order valence-electron chi connectivity index (χ4n) is 9.25. The summed E-state index contributed by atoms with van der Waals surface area (Å²) in [5.74, 6) is 1.06. The smallest absolute Gasteiger partial charge is 0.182 e. The van der Waals surface area contributed by atoms with Crippen LogP contribution in [0.5, 0.6) is 11.5 Å². The highest BCUT2D eigenvalue weighted by Crippen LogP contribution is 2.64. The number of hydrogen-bond acceptors (Lipinski definition) is 6. The Kier molecular flexibility index (Phi) is 6.50. The van der Waals surface area contributed by atoms with Gasteiger partial charge in [-0.15, -0.1) is 0 Å². The van der Waals surface area contributed by atoms with Crippen molar-refractivity contribution in [3.63, 3.8) is 0 Å². The molecule has 2 atom stereocenters. The Labute approximate surface area is 324 Å². The molecule has 12 rings (SSSR count). The molecule has 4 aliphatic heterocycles. The van der Waals surface area contributed by atoms with Gasteiger partial charge in [-0.1, -0.05) is 91.0 Å². The largest absolute Gasteiger partial charge is 0.456 e. The average Bonchev–Trinajstić information content (AvgIpc) is 3.25. The number of para-hydroxylation sites is 5. The molecule has 266 valence electrons. The van der Waals surface area contributed by atoms with E-state index in [9.17, 15) is 0 Å². The minimum absolute atomic E-state index is 0.503. The Balaban J connectivity index is 1.19. The Bertz CT molecular complexity index is 3050. The van der Waals surface area contributed by atoms with Crippen LogP contribution in [0.1, 0.15) is 0 Å². The third-order valence-electron chi connectivity index (χ3n) is 11.5. The van der Waals surface area contributed by atoms with Gasteiger partial charge in [0.2, 0.25) is 0 Å². The number of rotatable bonds is 3. The van der Waals surface area contributed by atoms with Crippen LogP contribution in [-0.2, 0) is 9.13 Å². The maximum Gasteiger partial charge on any atom is 0.182 e. The second-order valence-corrected chi connectivity index (χ2v) is 19.6. The van der Waals surface area contributed by atoms with Crippen molar-refractivity contribution >= 4 is 97.3 Å². The molecule has 8 heteroatoms. The summed E-state index contributed by atoms with van der Waals surface area (Å²) in [4.78, 5) is 6.59. The van der Waals surface area contributed by atoms with E-state index in [0.29, 0.717) is 27.4 Å². The molecule has 6 nitrogen and oxygen atoms in total. The Hall–Kier alpha value is -6.58. The number of hydrogen-bond donors (Lipinski definition) is 0. The molecule has 0 aromatic heterocycles. The summed E-state index contributed by atoms with van der Waals surface area (Å²) in [6, 6.07) is 62.7. The van der Waals surface area contributed by atoms with Crippen LogP contribution < -0.4 is 51.3 Å². The van der Waals surface area contributed by atoms with Gasteiger partial charge in [-0.25, -0.2) is 0 Å². The van der Waals surface area contributed by atoms with Crippen molar-refractivity contribution in [1.29, 1.82) is 0 Å². The minimum atomic E-state index is -3.64. The van der Waals surface area contributed by atoms with Crippen LogP contribution >= 0.6 is 14.3 Å². The van der Waals surface area contributed by atoms with E-state index in [-0.39, 0.29) is 0 Å². The molecule has 0 saturated heterocycles. The van der Waals surface area contributed by atoms with Crippen molar-refractivity contribution in [2.75, 3.05) is 14.7 Å². The zero-order chi connectivity index (χ0) is 37.2. The van der Waals surface area contributed by atoms with Crippen molar-refractivity contribution in [1.82, 2.24) is 0 Å². The molecule has 8 aromatic carbocycles. The lowest BCUT2D eigenvalue weighted by Gasteiger charge is -2.45. The van der Waals surface area contributed by atoms with E-state index in [0.717, 1.165) is 67.1 Å². The Morgan fingerprint density at radius 3 is 1.27 bits per heavy atom. The van der Waals surface area contributed by atoms with Gasteiger partial charge in [-0.05, 0) is 91.0 Å². The topological polar surface area (TPSA) is 53.1 Å². The highest BCUT2D eigenvalue weighted by Gasteiger charge is 2.52. The van der Waals surface area contributed by atoms with Crippen LogP contribution in [0.15, 0.2) is 188 Å². The molecule has 56 heavy (non-hydrogen) atoms. The van der Waals surface area contributed by atoms with Gasteiger partial charge < -0.3 is 28.6 Å². The summed E-state index contributed by atoms with van der Waals surface area (Å²) in [5.41, 5.74) is 7.83. The standard InChI is InChI=1S/C48H31N3O3P2/c52-55-43-28-12-10-22-35(43)49(32-16-4-1-5-17-32)37-24-14-25-38(47(37)55)51(34-20-8-3-9-21-34)40-30-42-46(31-45(40)55)56(53)44-29-13-11-23-36(44)50(33-18-6-2-7-19-33)39-26-15-27-41(54-42)48(39)56/h1-31H. The third-order valence-corrected chi connectivity index (χ3v) is 17.8. The molecular formula is C48H31N3O3P2. The molecule has 2 unspecified atom stereocenters. The fraction of sp³-hybridized carbons (Fsp3) is 0. The molecule has 0 saturated carbocycles. The van der Waals surface area contributed by atoms with Gasteiger partial charge in [0.15, 0.2) is 14.3 Å². The predicted octanol–water partition coefficient (Wildman–Crippen LogP) is 10.4. The first-order valence-corrected chi connectivity index (χ1v) is 22.1. The highest BCUT2D eigenvalue weighted by molar-refractivity contribution is 7.88. The van der Waals surface area contributed by atoms with E-state index in [4.69, 9.17) is 4.74 Å². The lowest BCUT2D eigenvalue weighted by atomic mass is 10.1. The van der Waals surface area contributed by atoms with Crippen molar-refractivity contribution in [2.24, 2.45) is 0 Å². The first-order chi connectivity index (χ1) is 27.6. The van der Waals surface area contributed by atoms with E-state index in [1.165, 1.54) is 0 Å².